The van der Waals surface area contributed by atoms with Gasteiger partial charge in [0.2, 0.25) is 5.91 Å². The number of cyclic esters (lactones) is 1. The van der Waals surface area contributed by atoms with E-state index in [4.69, 9.17) is 4.74 Å². The van der Waals surface area contributed by atoms with Crippen molar-refractivity contribution in [3.05, 3.63) is 24.0 Å². The lowest BCUT2D eigenvalue weighted by Gasteiger charge is -2.21. The van der Waals surface area contributed by atoms with Gasteiger partial charge < -0.3 is 25.0 Å². The molecule has 3 amide bonds. The van der Waals surface area contributed by atoms with Crippen LogP contribution in [0.3, 0.4) is 0 Å². The summed E-state index contributed by atoms with van der Waals surface area (Å²) >= 11 is 0. The fourth-order valence-electron chi connectivity index (χ4n) is 3.80. The minimum absolute atomic E-state index is 0.172. The smallest absolute Gasteiger partial charge is 0.414 e. The Kier molecular flexibility index (Phi) is 6.63. The van der Waals surface area contributed by atoms with Gasteiger partial charge in [-0.25, -0.2) is 14.0 Å². The highest BCUT2D eigenvalue weighted by Crippen LogP contribution is 2.32. The molecule has 0 saturated carbocycles. The molecule has 0 aliphatic carbocycles. The number of nitrogens with zero attached hydrogens (tertiary/aromatic N) is 2. The van der Waals surface area contributed by atoms with E-state index >= 15 is 0 Å². The second-order valence-electron chi connectivity index (χ2n) is 7.70. The summed E-state index contributed by atoms with van der Waals surface area (Å²) in [5.74, 6) is -0.199. The van der Waals surface area contributed by atoms with E-state index in [0.717, 1.165) is 0 Å². The SMILES string of the molecule is COC(=O)NC[C@H]1CN(c2ccc(N3C[C@H](CNC(C)=O)OC3=O)cc2F)C[C@@H]1C. The lowest BCUT2D eigenvalue weighted by atomic mass is 9.98. The Morgan fingerprint density at radius 3 is 2.67 bits per heavy atom. The summed E-state index contributed by atoms with van der Waals surface area (Å²) in [6.45, 7) is 5.62. The molecule has 2 fully saturated rings. The Morgan fingerprint density at radius 2 is 2.00 bits per heavy atom. The normalized spacial score (nSPS) is 23.3. The zero-order chi connectivity index (χ0) is 21.8. The van der Waals surface area contributed by atoms with Gasteiger partial charge in [-0.05, 0) is 30.0 Å². The molecule has 2 aliphatic heterocycles. The van der Waals surface area contributed by atoms with Crippen molar-refractivity contribution in [3.63, 3.8) is 0 Å². The van der Waals surface area contributed by atoms with Crippen molar-refractivity contribution >= 4 is 29.5 Å². The maximum atomic E-state index is 14.9. The third-order valence-corrected chi connectivity index (χ3v) is 5.50. The molecule has 10 heteroatoms. The minimum atomic E-state index is -0.568. The number of anilines is 2. The van der Waals surface area contributed by atoms with Gasteiger partial charge >= 0.3 is 12.2 Å². The number of nitrogens with one attached hydrogen (secondary N) is 2. The Morgan fingerprint density at radius 1 is 1.23 bits per heavy atom. The molecule has 0 spiro atoms. The first-order valence-corrected chi connectivity index (χ1v) is 9.87. The van der Waals surface area contributed by atoms with Crippen molar-refractivity contribution in [1.82, 2.24) is 10.6 Å². The molecule has 1 aromatic carbocycles. The van der Waals surface area contributed by atoms with Gasteiger partial charge in [0.15, 0.2) is 0 Å². The van der Waals surface area contributed by atoms with Crippen LogP contribution in [0, 0.1) is 17.7 Å². The zero-order valence-electron chi connectivity index (χ0n) is 17.3. The van der Waals surface area contributed by atoms with Gasteiger partial charge in [-0.15, -0.1) is 0 Å². The predicted octanol–water partition coefficient (Wildman–Crippen LogP) is 1.72. The number of ether oxygens (including phenoxy) is 2. The van der Waals surface area contributed by atoms with Crippen LogP contribution < -0.4 is 20.4 Å². The van der Waals surface area contributed by atoms with Crippen LogP contribution in [0.1, 0.15) is 13.8 Å². The molecule has 2 N–H and O–H groups in total. The summed E-state index contributed by atoms with van der Waals surface area (Å²) in [7, 11) is 1.31. The number of carbonyl (C=O) groups is 3. The van der Waals surface area contributed by atoms with Crippen molar-refractivity contribution in [3.8, 4) is 0 Å². The number of hydrogen-bond acceptors (Lipinski definition) is 6. The number of carbonyl (C=O) groups excluding carboxylic acids is 3. The number of amides is 3. The van der Waals surface area contributed by atoms with Crippen molar-refractivity contribution < 1.29 is 28.2 Å². The van der Waals surface area contributed by atoms with Crippen LogP contribution in [-0.4, -0.2) is 64.0 Å². The summed E-state index contributed by atoms with van der Waals surface area (Å²) in [6.07, 6.45) is -1.53. The van der Waals surface area contributed by atoms with Crippen LogP contribution in [-0.2, 0) is 14.3 Å². The molecule has 0 unspecified atom stereocenters. The van der Waals surface area contributed by atoms with Gasteiger partial charge in [0.25, 0.3) is 0 Å². The summed E-state index contributed by atoms with van der Waals surface area (Å²) < 4.78 is 24.7. The van der Waals surface area contributed by atoms with Crippen LogP contribution in [0.25, 0.3) is 0 Å². The van der Waals surface area contributed by atoms with Crippen LogP contribution in [0.2, 0.25) is 0 Å². The highest BCUT2D eigenvalue weighted by atomic mass is 19.1. The molecular formula is C20H27FN4O5. The second kappa shape index (κ2) is 9.19. The van der Waals surface area contributed by atoms with E-state index in [1.165, 1.54) is 25.0 Å². The van der Waals surface area contributed by atoms with Crippen molar-refractivity contribution in [2.75, 3.05) is 49.6 Å². The van der Waals surface area contributed by atoms with E-state index in [9.17, 15) is 18.8 Å². The van der Waals surface area contributed by atoms with Crippen molar-refractivity contribution in [2.45, 2.75) is 20.0 Å². The molecule has 9 nitrogen and oxygen atoms in total. The zero-order valence-corrected chi connectivity index (χ0v) is 17.3. The number of methoxy groups -OCH3 is 1. The lowest BCUT2D eigenvalue weighted by molar-refractivity contribution is -0.119. The topological polar surface area (TPSA) is 100 Å². The summed E-state index contributed by atoms with van der Waals surface area (Å²) in [4.78, 5) is 37.8. The first-order chi connectivity index (χ1) is 14.3. The molecule has 2 saturated heterocycles. The first kappa shape index (κ1) is 21.7. The predicted molar refractivity (Wildman–Crippen MR) is 108 cm³/mol. The Hall–Kier alpha value is -3.04. The summed E-state index contributed by atoms with van der Waals surface area (Å²) in [6, 6.07) is 4.66. The molecule has 2 aliphatic rings. The molecule has 3 rings (SSSR count). The van der Waals surface area contributed by atoms with Gasteiger partial charge in [-0.1, -0.05) is 6.92 Å². The lowest BCUT2D eigenvalue weighted by Crippen LogP contribution is -2.33. The number of alkyl carbamates (subject to hydrolysis) is 1. The molecule has 3 atom stereocenters. The van der Waals surface area contributed by atoms with E-state index in [2.05, 4.69) is 22.3 Å². The van der Waals surface area contributed by atoms with Crippen molar-refractivity contribution in [1.29, 1.82) is 0 Å². The second-order valence-corrected chi connectivity index (χ2v) is 7.70. The molecule has 164 valence electrons. The number of hydrogen-bond donors (Lipinski definition) is 2. The van der Waals surface area contributed by atoms with Crippen LogP contribution >= 0.6 is 0 Å². The van der Waals surface area contributed by atoms with E-state index in [1.807, 2.05) is 4.90 Å². The Bertz CT molecular complexity index is 820. The molecule has 30 heavy (non-hydrogen) atoms. The van der Waals surface area contributed by atoms with Crippen molar-refractivity contribution in [2.24, 2.45) is 11.8 Å². The van der Waals surface area contributed by atoms with Crippen LogP contribution in [0.15, 0.2) is 18.2 Å². The molecule has 1 aromatic rings. The van der Waals surface area contributed by atoms with Gasteiger partial charge in [0.05, 0.1) is 31.6 Å². The monoisotopic (exact) mass is 422 g/mol. The fourth-order valence-corrected chi connectivity index (χ4v) is 3.80. The van der Waals surface area contributed by atoms with Crippen LogP contribution in [0.4, 0.5) is 25.4 Å². The highest BCUT2D eigenvalue weighted by Gasteiger charge is 2.34. The van der Waals surface area contributed by atoms with Gasteiger partial charge in [0.1, 0.15) is 11.9 Å². The molecule has 2 heterocycles. The molecule has 0 bridgehead atoms. The Balaban J connectivity index is 1.64. The maximum absolute atomic E-state index is 14.9. The third-order valence-electron chi connectivity index (χ3n) is 5.50. The average Bonchev–Trinajstić information content (AvgIpc) is 3.26. The molecule has 0 radical (unpaired) electrons. The minimum Gasteiger partial charge on any atom is -0.453 e. The largest absolute Gasteiger partial charge is 0.453 e. The van der Waals surface area contributed by atoms with Gasteiger partial charge in [-0.3, -0.25) is 9.69 Å². The summed E-state index contributed by atoms with van der Waals surface area (Å²) in [5.41, 5.74) is 0.858. The standard InChI is InChI=1S/C20H27FN4O5/c1-12-9-24(10-14(12)7-23-19(27)29-3)18-5-4-15(6-17(18)21)25-11-16(30-20(25)28)8-22-13(2)26/h4-6,12,14,16H,7-11H2,1-3H3,(H,22,26)(H,23,27)/t12-,14-,16-/m0/s1. The molecule has 0 aromatic heterocycles. The molecular weight excluding hydrogens is 395 g/mol. The first-order valence-electron chi connectivity index (χ1n) is 9.87. The third kappa shape index (κ3) is 4.92. The van der Waals surface area contributed by atoms with E-state index in [0.29, 0.717) is 31.0 Å². The maximum Gasteiger partial charge on any atom is 0.414 e. The van der Waals surface area contributed by atoms with E-state index in [-0.39, 0.29) is 30.8 Å². The highest BCUT2D eigenvalue weighted by molar-refractivity contribution is 5.90. The Labute approximate surface area is 174 Å². The van der Waals surface area contributed by atoms with Gasteiger partial charge in [-0.2, -0.15) is 0 Å². The number of benzene rings is 1. The quantitative estimate of drug-likeness (QED) is 0.724. The van der Waals surface area contributed by atoms with E-state index < -0.39 is 24.1 Å². The van der Waals surface area contributed by atoms with E-state index in [1.54, 1.807) is 12.1 Å². The average molecular weight is 422 g/mol. The number of rotatable bonds is 6. The van der Waals surface area contributed by atoms with Gasteiger partial charge in [0, 0.05) is 26.6 Å². The fraction of sp³-hybridized carbons (Fsp3) is 0.550. The summed E-state index contributed by atoms with van der Waals surface area (Å²) in [5, 5.41) is 5.31. The number of halogens is 1. The van der Waals surface area contributed by atoms with Crippen LogP contribution in [0.5, 0.6) is 0 Å².